The SMILES string of the molecule is CC1CN(c2ccc(F)cc2[N+](=O)[O-])CCN1CC(F)(F)F. The van der Waals surface area contributed by atoms with Gasteiger partial charge in [-0.25, -0.2) is 4.39 Å². The molecule has 0 radical (unpaired) electrons. The molecule has 0 spiro atoms. The lowest BCUT2D eigenvalue weighted by Gasteiger charge is -2.40. The molecule has 1 heterocycles. The topological polar surface area (TPSA) is 49.6 Å². The van der Waals surface area contributed by atoms with Gasteiger partial charge in [0.05, 0.1) is 17.5 Å². The van der Waals surface area contributed by atoms with Crippen LogP contribution < -0.4 is 4.90 Å². The zero-order chi connectivity index (χ0) is 16.5. The molecular formula is C13H15F4N3O2. The Hall–Kier alpha value is -1.90. The number of anilines is 1. The lowest BCUT2D eigenvalue weighted by atomic mass is 10.1. The maximum Gasteiger partial charge on any atom is 0.401 e. The van der Waals surface area contributed by atoms with Crippen LogP contribution in [0.4, 0.5) is 28.9 Å². The fourth-order valence-corrected chi connectivity index (χ4v) is 2.59. The van der Waals surface area contributed by atoms with Crippen molar-refractivity contribution in [3.05, 3.63) is 34.1 Å². The fraction of sp³-hybridized carbons (Fsp3) is 0.538. The van der Waals surface area contributed by atoms with Gasteiger partial charge < -0.3 is 4.90 Å². The monoisotopic (exact) mass is 321 g/mol. The quantitative estimate of drug-likeness (QED) is 0.488. The van der Waals surface area contributed by atoms with Gasteiger partial charge in [0.25, 0.3) is 5.69 Å². The largest absolute Gasteiger partial charge is 0.401 e. The van der Waals surface area contributed by atoms with Crippen molar-refractivity contribution in [1.82, 2.24) is 4.90 Å². The first kappa shape index (κ1) is 16.5. The average Bonchev–Trinajstić information content (AvgIpc) is 2.39. The molecular weight excluding hydrogens is 306 g/mol. The molecule has 0 bridgehead atoms. The number of benzene rings is 1. The summed E-state index contributed by atoms with van der Waals surface area (Å²) in [7, 11) is 0. The standard InChI is InChI=1S/C13H15F4N3O2/c1-9-7-18(4-5-19(9)8-13(15,16)17)11-3-2-10(14)6-12(11)20(21)22/h2-3,6,9H,4-5,7-8H2,1H3. The lowest BCUT2D eigenvalue weighted by Crippen LogP contribution is -2.54. The minimum absolute atomic E-state index is 0.134. The second-order valence-corrected chi connectivity index (χ2v) is 5.27. The lowest BCUT2D eigenvalue weighted by molar-refractivity contribution is -0.384. The summed E-state index contributed by atoms with van der Waals surface area (Å²) in [6, 6.07) is 2.80. The van der Waals surface area contributed by atoms with Crippen LogP contribution in [0.15, 0.2) is 18.2 Å². The second-order valence-electron chi connectivity index (χ2n) is 5.27. The number of halogens is 4. The molecule has 9 heteroatoms. The van der Waals surface area contributed by atoms with E-state index in [2.05, 4.69) is 0 Å². The zero-order valence-corrected chi connectivity index (χ0v) is 11.8. The number of nitro benzene ring substituents is 1. The van der Waals surface area contributed by atoms with Crippen molar-refractivity contribution >= 4 is 11.4 Å². The molecule has 1 aromatic carbocycles. The van der Waals surface area contributed by atoms with Gasteiger partial charge in [0.1, 0.15) is 11.5 Å². The highest BCUT2D eigenvalue weighted by molar-refractivity contribution is 5.63. The molecule has 2 rings (SSSR count). The van der Waals surface area contributed by atoms with Crippen LogP contribution in [-0.4, -0.2) is 48.2 Å². The molecule has 1 saturated heterocycles. The number of rotatable bonds is 3. The minimum atomic E-state index is -4.28. The van der Waals surface area contributed by atoms with E-state index in [0.717, 1.165) is 12.1 Å². The van der Waals surface area contributed by atoms with Crippen molar-refractivity contribution in [3.8, 4) is 0 Å². The predicted molar refractivity (Wildman–Crippen MR) is 72.4 cm³/mol. The normalized spacial score (nSPS) is 20.2. The molecule has 1 unspecified atom stereocenters. The molecule has 1 fully saturated rings. The summed E-state index contributed by atoms with van der Waals surface area (Å²) < 4.78 is 50.5. The Kier molecular flexibility index (Phi) is 4.55. The minimum Gasteiger partial charge on any atom is -0.363 e. The summed E-state index contributed by atoms with van der Waals surface area (Å²) in [6.07, 6.45) is -4.28. The molecule has 1 atom stereocenters. The van der Waals surface area contributed by atoms with Crippen LogP contribution in [0.2, 0.25) is 0 Å². The van der Waals surface area contributed by atoms with E-state index in [9.17, 15) is 27.7 Å². The van der Waals surface area contributed by atoms with E-state index in [1.807, 2.05) is 0 Å². The summed E-state index contributed by atoms with van der Waals surface area (Å²) in [5.74, 6) is -0.723. The van der Waals surface area contributed by atoms with Crippen molar-refractivity contribution in [2.45, 2.75) is 19.1 Å². The summed E-state index contributed by atoms with van der Waals surface area (Å²) in [4.78, 5) is 13.2. The van der Waals surface area contributed by atoms with E-state index in [-0.39, 0.29) is 31.0 Å². The zero-order valence-electron chi connectivity index (χ0n) is 11.8. The maximum absolute atomic E-state index is 13.1. The summed E-state index contributed by atoms with van der Waals surface area (Å²) in [5, 5.41) is 11.0. The first-order valence-corrected chi connectivity index (χ1v) is 6.67. The van der Waals surface area contributed by atoms with Crippen molar-refractivity contribution in [2.24, 2.45) is 0 Å². The Morgan fingerprint density at radius 2 is 2.05 bits per heavy atom. The Morgan fingerprint density at radius 1 is 1.36 bits per heavy atom. The van der Waals surface area contributed by atoms with Crippen LogP contribution in [0.3, 0.4) is 0 Å². The van der Waals surface area contributed by atoms with Gasteiger partial charge in [-0.05, 0) is 19.1 Å². The molecule has 0 N–H and O–H groups in total. The van der Waals surface area contributed by atoms with E-state index in [1.54, 1.807) is 11.8 Å². The van der Waals surface area contributed by atoms with Gasteiger partial charge >= 0.3 is 6.18 Å². The number of alkyl halides is 3. The fourth-order valence-electron chi connectivity index (χ4n) is 2.59. The smallest absolute Gasteiger partial charge is 0.363 e. The number of piperazine rings is 1. The Morgan fingerprint density at radius 3 is 2.59 bits per heavy atom. The molecule has 5 nitrogen and oxygen atoms in total. The third-order valence-corrected chi connectivity index (χ3v) is 3.62. The van der Waals surface area contributed by atoms with E-state index < -0.39 is 29.5 Å². The summed E-state index contributed by atoms with van der Waals surface area (Å²) in [5.41, 5.74) is -0.151. The van der Waals surface area contributed by atoms with Crippen molar-refractivity contribution in [1.29, 1.82) is 0 Å². The Labute approximate surface area is 124 Å². The molecule has 0 saturated carbocycles. The van der Waals surface area contributed by atoms with Gasteiger partial charge in [0.2, 0.25) is 0 Å². The Bertz CT molecular complexity index is 565. The number of hydrogen-bond donors (Lipinski definition) is 0. The number of nitrogens with zero attached hydrogens (tertiary/aromatic N) is 3. The molecule has 0 amide bonds. The van der Waals surface area contributed by atoms with Gasteiger partial charge in [0, 0.05) is 25.7 Å². The van der Waals surface area contributed by atoms with Crippen LogP contribution in [0, 0.1) is 15.9 Å². The van der Waals surface area contributed by atoms with Crippen molar-refractivity contribution in [2.75, 3.05) is 31.1 Å². The van der Waals surface area contributed by atoms with Gasteiger partial charge in [-0.2, -0.15) is 13.2 Å². The van der Waals surface area contributed by atoms with Gasteiger partial charge in [0.15, 0.2) is 0 Å². The third kappa shape index (κ3) is 3.85. The van der Waals surface area contributed by atoms with Crippen LogP contribution in [-0.2, 0) is 0 Å². The van der Waals surface area contributed by atoms with E-state index in [0.29, 0.717) is 0 Å². The first-order chi connectivity index (χ1) is 10.2. The van der Waals surface area contributed by atoms with Crippen LogP contribution in [0.1, 0.15) is 6.92 Å². The van der Waals surface area contributed by atoms with Gasteiger partial charge in [-0.15, -0.1) is 0 Å². The molecule has 1 aliphatic rings. The third-order valence-electron chi connectivity index (χ3n) is 3.62. The van der Waals surface area contributed by atoms with Crippen molar-refractivity contribution in [3.63, 3.8) is 0 Å². The highest BCUT2D eigenvalue weighted by Crippen LogP contribution is 2.31. The van der Waals surface area contributed by atoms with E-state index in [1.165, 1.54) is 11.0 Å². The number of nitro groups is 1. The molecule has 1 aromatic rings. The van der Waals surface area contributed by atoms with Crippen LogP contribution in [0.25, 0.3) is 0 Å². The molecule has 122 valence electrons. The molecule has 22 heavy (non-hydrogen) atoms. The first-order valence-electron chi connectivity index (χ1n) is 6.67. The van der Waals surface area contributed by atoms with Crippen LogP contribution >= 0.6 is 0 Å². The summed E-state index contributed by atoms with van der Waals surface area (Å²) >= 11 is 0. The van der Waals surface area contributed by atoms with Crippen LogP contribution in [0.5, 0.6) is 0 Å². The molecule has 1 aliphatic heterocycles. The molecule has 0 aliphatic carbocycles. The highest BCUT2D eigenvalue weighted by Gasteiger charge is 2.36. The summed E-state index contributed by atoms with van der Waals surface area (Å²) in [6.45, 7) is 1.19. The predicted octanol–water partition coefficient (Wildman–Crippen LogP) is 2.81. The second kappa shape index (κ2) is 6.07. The van der Waals surface area contributed by atoms with Gasteiger partial charge in [-0.3, -0.25) is 15.0 Å². The van der Waals surface area contributed by atoms with E-state index >= 15 is 0 Å². The Balaban J connectivity index is 2.15. The average molecular weight is 321 g/mol. The molecule has 0 aromatic heterocycles. The van der Waals surface area contributed by atoms with Gasteiger partial charge in [-0.1, -0.05) is 0 Å². The number of hydrogen-bond acceptors (Lipinski definition) is 4. The highest BCUT2D eigenvalue weighted by atomic mass is 19.4. The maximum atomic E-state index is 13.1. The van der Waals surface area contributed by atoms with Crippen molar-refractivity contribution < 1.29 is 22.5 Å². The van der Waals surface area contributed by atoms with E-state index in [4.69, 9.17) is 0 Å².